The van der Waals surface area contributed by atoms with Gasteiger partial charge in [0.2, 0.25) is 0 Å². The van der Waals surface area contributed by atoms with Crippen molar-refractivity contribution in [2.75, 3.05) is 11.8 Å². The fraction of sp³-hybridized carbons (Fsp3) is 0.0500. The second-order valence-corrected chi connectivity index (χ2v) is 8.55. The van der Waals surface area contributed by atoms with Crippen LogP contribution in [-0.4, -0.2) is 26.6 Å². The highest BCUT2D eigenvalue weighted by Crippen LogP contribution is 2.30. The van der Waals surface area contributed by atoms with Gasteiger partial charge in [-0.2, -0.15) is 0 Å². The molecular formula is C20H15NO5S2. The molecule has 0 fully saturated rings. The fourth-order valence-corrected chi connectivity index (χ4v) is 4.52. The van der Waals surface area contributed by atoms with Crippen molar-refractivity contribution in [1.29, 1.82) is 0 Å². The Morgan fingerprint density at radius 2 is 1.82 bits per heavy atom. The van der Waals surface area contributed by atoms with Crippen molar-refractivity contribution in [1.82, 2.24) is 0 Å². The smallest absolute Gasteiger partial charge is 0.335 e. The number of carboxylic acids is 1. The number of sulfonamides is 1. The zero-order valence-corrected chi connectivity index (χ0v) is 16.3. The van der Waals surface area contributed by atoms with Gasteiger partial charge in [0, 0.05) is 5.56 Å². The highest BCUT2D eigenvalue weighted by atomic mass is 32.2. The molecule has 0 spiro atoms. The van der Waals surface area contributed by atoms with Crippen LogP contribution < -0.4 is 9.46 Å². The first kappa shape index (κ1) is 19.5. The van der Waals surface area contributed by atoms with Gasteiger partial charge in [0.1, 0.15) is 9.96 Å². The molecule has 0 radical (unpaired) electrons. The molecule has 0 bridgehead atoms. The molecule has 0 saturated heterocycles. The summed E-state index contributed by atoms with van der Waals surface area (Å²) in [7, 11) is -2.53. The summed E-state index contributed by atoms with van der Waals surface area (Å²) in [5.41, 5.74) is 0.980. The summed E-state index contributed by atoms with van der Waals surface area (Å²) in [6.07, 6.45) is 0. The summed E-state index contributed by atoms with van der Waals surface area (Å²) in [6.45, 7) is 0. The molecule has 3 rings (SSSR count). The number of rotatable bonds is 5. The number of benzene rings is 2. The predicted molar refractivity (Wildman–Crippen MR) is 108 cm³/mol. The van der Waals surface area contributed by atoms with Crippen LogP contribution in [0.2, 0.25) is 0 Å². The number of hydrogen-bond acceptors (Lipinski definition) is 5. The maximum Gasteiger partial charge on any atom is 0.335 e. The lowest BCUT2D eigenvalue weighted by Gasteiger charge is -2.11. The van der Waals surface area contributed by atoms with Crippen LogP contribution in [0.25, 0.3) is 0 Å². The molecule has 8 heteroatoms. The third-order valence-corrected chi connectivity index (χ3v) is 6.50. The Hall–Kier alpha value is -3.28. The van der Waals surface area contributed by atoms with Crippen molar-refractivity contribution in [2.45, 2.75) is 4.21 Å². The Kier molecular flexibility index (Phi) is 5.68. The van der Waals surface area contributed by atoms with Crippen LogP contribution in [0.3, 0.4) is 0 Å². The second-order valence-electron chi connectivity index (χ2n) is 5.56. The van der Waals surface area contributed by atoms with Gasteiger partial charge in [-0.15, -0.1) is 11.3 Å². The van der Waals surface area contributed by atoms with E-state index < -0.39 is 16.0 Å². The number of thiophene rings is 1. The van der Waals surface area contributed by atoms with E-state index >= 15 is 0 Å². The standard InChI is InChI=1S/C20H15NO5S2/c1-26-18-13-15(20(22)23)8-11-17(18)21-28(24,25)19-12-10-16(27-19)9-7-14-5-3-2-4-6-14/h2-6,8,10-13,21H,1H3,(H,22,23). The van der Waals surface area contributed by atoms with Gasteiger partial charge >= 0.3 is 5.97 Å². The fourth-order valence-electron chi connectivity index (χ4n) is 2.29. The summed E-state index contributed by atoms with van der Waals surface area (Å²) in [5, 5.41) is 9.04. The maximum atomic E-state index is 12.7. The summed E-state index contributed by atoms with van der Waals surface area (Å²) in [5.74, 6) is 4.91. The molecule has 0 aliphatic rings. The van der Waals surface area contributed by atoms with Gasteiger partial charge in [0.25, 0.3) is 10.0 Å². The van der Waals surface area contributed by atoms with Crippen molar-refractivity contribution in [2.24, 2.45) is 0 Å². The van der Waals surface area contributed by atoms with Crippen LogP contribution in [0.15, 0.2) is 64.9 Å². The van der Waals surface area contributed by atoms with E-state index in [2.05, 4.69) is 16.6 Å². The summed E-state index contributed by atoms with van der Waals surface area (Å²) < 4.78 is 32.9. The molecule has 0 atom stereocenters. The number of ether oxygens (including phenoxy) is 1. The number of anilines is 1. The van der Waals surface area contributed by atoms with Gasteiger partial charge in [-0.05, 0) is 42.5 Å². The van der Waals surface area contributed by atoms with Gasteiger partial charge in [-0.25, -0.2) is 13.2 Å². The van der Waals surface area contributed by atoms with Crippen LogP contribution >= 0.6 is 11.3 Å². The molecule has 2 aromatic carbocycles. The molecule has 2 N–H and O–H groups in total. The van der Waals surface area contributed by atoms with Crippen LogP contribution in [0.5, 0.6) is 5.75 Å². The van der Waals surface area contributed by atoms with Crippen molar-refractivity contribution in [3.63, 3.8) is 0 Å². The monoisotopic (exact) mass is 413 g/mol. The van der Waals surface area contributed by atoms with Crippen molar-refractivity contribution < 1.29 is 23.1 Å². The maximum absolute atomic E-state index is 12.7. The van der Waals surface area contributed by atoms with Crippen LogP contribution in [0, 0.1) is 11.8 Å². The molecule has 0 aliphatic heterocycles. The van der Waals surface area contributed by atoms with Gasteiger partial charge in [0.15, 0.2) is 0 Å². The number of carbonyl (C=O) groups is 1. The normalized spacial score (nSPS) is 10.6. The van der Waals surface area contributed by atoms with E-state index in [1.54, 1.807) is 6.07 Å². The molecule has 0 amide bonds. The van der Waals surface area contributed by atoms with Crippen molar-refractivity contribution in [3.05, 3.63) is 76.7 Å². The molecule has 28 heavy (non-hydrogen) atoms. The highest BCUT2D eigenvalue weighted by molar-refractivity contribution is 7.94. The molecule has 1 aromatic heterocycles. The number of methoxy groups -OCH3 is 1. The lowest BCUT2D eigenvalue weighted by molar-refractivity contribution is 0.0696. The zero-order chi connectivity index (χ0) is 20.1. The lowest BCUT2D eigenvalue weighted by atomic mass is 10.2. The quantitative estimate of drug-likeness (QED) is 0.623. The highest BCUT2D eigenvalue weighted by Gasteiger charge is 2.19. The Morgan fingerprint density at radius 3 is 2.50 bits per heavy atom. The van der Waals surface area contributed by atoms with E-state index in [4.69, 9.17) is 9.84 Å². The molecule has 3 aromatic rings. The van der Waals surface area contributed by atoms with Crippen LogP contribution in [0.1, 0.15) is 20.8 Å². The van der Waals surface area contributed by atoms with Gasteiger partial charge in [-0.3, -0.25) is 4.72 Å². The SMILES string of the molecule is COc1cc(C(=O)O)ccc1NS(=O)(=O)c1ccc(C#Cc2ccccc2)s1. The van der Waals surface area contributed by atoms with Crippen molar-refractivity contribution in [3.8, 4) is 17.6 Å². The third-order valence-electron chi connectivity index (χ3n) is 3.64. The average Bonchev–Trinajstić information content (AvgIpc) is 3.17. The Bertz CT molecular complexity index is 1170. The van der Waals surface area contributed by atoms with E-state index in [0.717, 1.165) is 16.9 Å². The molecule has 0 aliphatic carbocycles. The number of nitrogens with one attached hydrogen (secondary N) is 1. The Labute approximate surface area is 166 Å². The van der Waals surface area contributed by atoms with E-state index in [0.29, 0.717) is 4.88 Å². The number of hydrogen-bond donors (Lipinski definition) is 2. The van der Waals surface area contributed by atoms with Gasteiger partial charge in [-0.1, -0.05) is 30.0 Å². The van der Waals surface area contributed by atoms with Crippen LogP contribution in [-0.2, 0) is 10.0 Å². The third kappa shape index (κ3) is 4.52. The van der Waals surface area contributed by atoms with Gasteiger partial charge in [0.05, 0.1) is 23.2 Å². The van der Waals surface area contributed by atoms with Crippen molar-refractivity contribution >= 4 is 33.0 Å². The molecule has 0 unspecified atom stereocenters. The number of aromatic carboxylic acids is 1. The average molecular weight is 413 g/mol. The molecule has 142 valence electrons. The first-order chi connectivity index (χ1) is 13.4. The van der Waals surface area contributed by atoms with E-state index in [1.165, 1.54) is 31.4 Å². The minimum absolute atomic E-state index is 0.00519. The molecule has 6 nitrogen and oxygen atoms in total. The summed E-state index contributed by atoms with van der Waals surface area (Å²) >= 11 is 1.04. The first-order valence-corrected chi connectivity index (χ1v) is 10.3. The van der Waals surface area contributed by atoms with Gasteiger partial charge < -0.3 is 9.84 Å². The summed E-state index contributed by atoms with van der Waals surface area (Å²) in [6, 6.07) is 16.4. The Morgan fingerprint density at radius 1 is 1.07 bits per heavy atom. The van der Waals surface area contributed by atoms with E-state index in [-0.39, 0.29) is 21.2 Å². The van der Waals surface area contributed by atoms with Crippen LogP contribution in [0.4, 0.5) is 5.69 Å². The second kappa shape index (κ2) is 8.17. The first-order valence-electron chi connectivity index (χ1n) is 8.00. The topological polar surface area (TPSA) is 92.7 Å². The molecule has 1 heterocycles. The molecule has 0 saturated carbocycles. The molecular weight excluding hydrogens is 398 g/mol. The predicted octanol–water partition coefficient (Wildman–Crippen LogP) is 3.66. The minimum atomic E-state index is -3.87. The zero-order valence-electron chi connectivity index (χ0n) is 14.7. The van der Waals surface area contributed by atoms with E-state index in [9.17, 15) is 13.2 Å². The minimum Gasteiger partial charge on any atom is -0.495 e. The largest absolute Gasteiger partial charge is 0.495 e. The van der Waals surface area contributed by atoms with E-state index in [1.807, 2.05) is 30.3 Å². The summed E-state index contributed by atoms with van der Waals surface area (Å²) in [4.78, 5) is 11.7. The number of carboxylic acid groups (broad SMARTS) is 1. The lowest BCUT2D eigenvalue weighted by Crippen LogP contribution is -2.12. The Balaban J connectivity index is 1.84.